The van der Waals surface area contributed by atoms with Gasteiger partial charge in [-0.15, -0.1) is 0 Å². The molecule has 0 bridgehead atoms. The lowest BCUT2D eigenvalue weighted by molar-refractivity contribution is -0.0181. The monoisotopic (exact) mass is 390 g/mol. The Bertz CT molecular complexity index is 711. The van der Waals surface area contributed by atoms with E-state index in [1.807, 2.05) is 13.1 Å². The molecule has 20 heavy (non-hydrogen) atoms. The first-order valence-electron chi connectivity index (χ1n) is 6.40. The second-order valence-electron chi connectivity index (χ2n) is 4.87. The summed E-state index contributed by atoms with van der Waals surface area (Å²) < 4.78 is 8.39. The third-order valence-electron chi connectivity index (χ3n) is 3.57. The van der Waals surface area contributed by atoms with Gasteiger partial charge in [0.2, 0.25) is 5.95 Å². The number of hydrogen-bond acceptors (Lipinski definition) is 5. The zero-order chi connectivity index (χ0) is 14.4. The molecule has 1 fully saturated rings. The second kappa shape index (κ2) is 5.01. The van der Waals surface area contributed by atoms with Gasteiger partial charge in [-0.2, -0.15) is 4.98 Å². The molecule has 108 valence electrons. The molecule has 0 aliphatic carbocycles. The van der Waals surface area contributed by atoms with E-state index < -0.39 is 6.10 Å². The van der Waals surface area contributed by atoms with Crippen LogP contribution in [0.25, 0.3) is 11.0 Å². The highest BCUT2D eigenvalue weighted by Crippen LogP contribution is 2.33. The molecule has 3 heterocycles. The lowest BCUT2D eigenvalue weighted by Gasteiger charge is -2.14. The molecule has 8 heteroatoms. The number of aromatic nitrogens is 3. The number of nitrogens with one attached hydrogen (secondary N) is 1. The van der Waals surface area contributed by atoms with Gasteiger partial charge in [0, 0.05) is 16.2 Å². The van der Waals surface area contributed by atoms with Gasteiger partial charge in [0.1, 0.15) is 6.23 Å². The minimum atomic E-state index is -0.501. The van der Waals surface area contributed by atoms with Crippen LogP contribution in [0.1, 0.15) is 26.0 Å². The van der Waals surface area contributed by atoms with E-state index in [-0.39, 0.29) is 23.8 Å². The van der Waals surface area contributed by atoms with Crippen LogP contribution in [0.3, 0.4) is 0 Å². The molecule has 1 saturated heterocycles. The van der Waals surface area contributed by atoms with Crippen LogP contribution in [0.15, 0.2) is 11.0 Å². The summed E-state index contributed by atoms with van der Waals surface area (Å²) in [6.45, 7) is 1.97. The Morgan fingerprint density at radius 3 is 3.10 bits per heavy atom. The van der Waals surface area contributed by atoms with Crippen LogP contribution in [0, 0.1) is 3.57 Å². The highest BCUT2D eigenvalue weighted by atomic mass is 127. The summed E-state index contributed by atoms with van der Waals surface area (Å²) in [7, 11) is 0. The topological polar surface area (TPSA) is 106 Å². The molecule has 4 N–H and O–H groups in total. The van der Waals surface area contributed by atoms with E-state index in [9.17, 15) is 9.90 Å². The van der Waals surface area contributed by atoms with Gasteiger partial charge in [0.05, 0.1) is 17.6 Å². The number of H-pyrrole nitrogens is 1. The Morgan fingerprint density at radius 1 is 1.70 bits per heavy atom. The van der Waals surface area contributed by atoms with Crippen molar-refractivity contribution in [1.29, 1.82) is 0 Å². The van der Waals surface area contributed by atoms with Crippen molar-refractivity contribution < 1.29 is 9.84 Å². The van der Waals surface area contributed by atoms with E-state index in [4.69, 9.17) is 10.5 Å². The van der Waals surface area contributed by atoms with Gasteiger partial charge in [0.15, 0.2) is 5.65 Å². The standard InChI is InChI=1S/C12H15IN4O3/c1-2-7-6(18)3-8(20-7)17-4-5(13)9-10(17)15-12(14)16-11(9)19/h4,6-8,18H,2-3H2,1H3,(H3,14,15,16,19)/t6-,7+,8?/m0/s1. The van der Waals surface area contributed by atoms with E-state index in [1.54, 1.807) is 4.57 Å². The molecule has 1 aliphatic heterocycles. The van der Waals surface area contributed by atoms with Crippen LogP contribution in [0.5, 0.6) is 0 Å². The summed E-state index contributed by atoms with van der Waals surface area (Å²) in [6, 6.07) is 0. The Kier molecular flexibility index (Phi) is 3.46. The van der Waals surface area contributed by atoms with Crippen molar-refractivity contribution in [2.24, 2.45) is 0 Å². The Balaban J connectivity index is 2.11. The van der Waals surface area contributed by atoms with Gasteiger partial charge in [-0.05, 0) is 29.0 Å². The van der Waals surface area contributed by atoms with Crippen LogP contribution < -0.4 is 11.3 Å². The number of nitrogen functional groups attached to an aromatic ring is 1. The number of aliphatic hydroxyl groups is 1. The summed E-state index contributed by atoms with van der Waals surface area (Å²) in [4.78, 5) is 18.6. The molecule has 0 saturated carbocycles. The molecule has 0 amide bonds. The predicted octanol–water partition coefficient (Wildman–Crippen LogP) is 0.970. The SMILES string of the molecule is CC[C@H]1OC(n2cc(I)c3c(=O)[nH]c(N)nc32)C[C@@H]1O. The summed E-state index contributed by atoms with van der Waals surface area (Å²) in [5.41, 5.74) is 5.84. The van der Waals surface area contributed by atoms with Crippen LogP contribution >= 0.6 is 22.6 Å². The second-order valence-corrected chi connectivity index (χ2v) is 6.04. The number of rotatable bonds is 2. The number of halogens is 1. The molecule has 7 nitrogen and oxygen atoms in total. The molecule has 0 spiro atoms. The highest BCUT2D eigenvalue weighted by molar-refractivity contribution is 14.1. The van der Waals surface area contributed by atoms with Crippen LogP contribution in [-0.4, -0.2) is 31.8 Å². The minimum absolute atomic E-state index is 0.0730. The van der Waals surface area contributed by atoms with Gasteiger partial charge in [-0.1, -0.05) is 6.92 Å². The highest BCUT2D eigenvalue weighted by Gasteiger charge is 2.34. The fourth-order valence-corrected chi connectivity index (χ4v) is 3.39. The van der Waals surface area contributed by atoms with E-state index in [0.717, 1.165) is 9.99 Å². The van der Waals surface area contributed by atoms with Gasteiger partial charge in [-0.3, -0.25) is 9.78 Å². The van der Waals surface area contributed by atoms with Gasteiger partial charge in [0.25, 0.3) is 5.56 Å². The van der Waals surface area contributed by atoms with Crippen LogP contribution in [0.2, 0.25) is 0 Å². The lowest BCUT2D eigenvalue weighted by Crippen LogP contribution is -2.19. The maximum atomic E-state index is 11.9. The first kappa shape index (κ1) is 13.8. The molecule has 1 unspecified atom stereocenters. The Morgan fingerprint density at radius 2 is 2.45 bits per heavy atom. The van der Waals surface area contributed by atoms with Crippen molar-refractivity contribution >= 4 is 39.6 Å². The smallest absolute Gasteiger partial charge is 0.262 e. The predicted molar refractivity (Wildman–Crippen MR) is 82.3 cm³/mol. The zero-order valence-electron chi connectivity index (χ0n) is 10.8. The number of ether oxygens (including phenoxy) is 1. The van der Waals surface area contributed by atoms with Gasteiger partial charge < -0.3 is 20.1 Å². The minimum Gasteiger partial charge on any atom is -0.390 e. The molecule has 1 aliphatic rings. The number of hydrogen-bond donors (Lipinski definition) is 3. The van der Waals surface area contributed by atoms with E-state index in [2.05, 4.69) is 32.6 Å². The van der Waals surface area contributed by atoms with Crippen molar-refractivity contribution in [3.63, 3.8) is 0 Å². The molecule has 2 aromatic heterocycles. The molecule has 2 aromatic rings. The van der Waals surface area contributed by atoms with Crippen LogP contribution in [-0.2, 0) is 4.74 Å². The Labute approximate surface area is 128 Å². The number of nitrogens with zero attached hydrogens (tertiary/aromatic N) is 2. The van der Waals surface area contributed by atoms with E-state index in [0.29, 0.717) is 17.5 Å². The zero-order valence-corrected chi connectivity index (χ0v) is 13.0. The van der Waals surface area contributed by atoms with Crippen molar-refractivity contribution in [2.45, 2.75) is 38.2 Å². The maximum absolute atomic E-state index is 11.9. The van der Waals surface area contributed by atoms with Crippen molar-refractivity contribution in [3.05, 3.63) is 20.1 Å². The summed E-state index contributed by atoms with van der Waals surface area (Å²) in [5.74, 6) is 0.0730. The number of aliphatic hydroxyl groups excluding tert-OH is 1. The number of nitrogens with two attached hydrogens (primary N) is 1. The molecular formula is C12H15IN4O3. The lowest BCUT2D eigenvalue weighted by atomic mass is 10.1. The number of aromatic amines is 1. The van der Waals surface area contributed by atoms with Gasteiger partial charge >= 0.3 is 0 Å². The average Bonchev–Trinajstić information content (AvgIpc) is 2.90. The van der Waals surface area contributed by atoms with E-state index >= 15 is 0 Å². The van der Waals surface area contributed by atoms with E-state index in [1.165, 1.54) is 0 Å². The van der Waals surface area contributed by atoms with Crippen molar-refractivity contribution in [1.82, 2.24) is 14.5 Å². The number of anilines is 1. The third-order valence-corrected chi connectivity index (χ3v) is 4.39. The average molecular weight is 390 g/mol. The van der Waals surface area contributed by atoms with Crippen molar-refractivity contribution in [2.75, 3.05) is 5.73 Å². The molecular weight excluding hydrogens is 375 g/mol. The largest absolute Gasteiger partial charge is 0.390 e. The first-order valence-corrected chi connectivity index (χ1v) is 7.48. The molecule has 3 atom stereocenters. The number of fused-ring (bicyclic) bond motifs is 1. The summed E-state index contributed by atoms with van der Waals surface area (Å²) in [6.07, 6.45) is 2.02. The quantitative estimate of drug-likeness (QED) is 0.663. The first-order chi connectivity index (χ1) is 9.51. The van der Waals surface area contributed by atoms with Crippen LogP contribution in [0.4, 0.5) is 5.95 Å². The summed E-state index contributed by atoms with van der Waals surface area (Å²) in [5, 5.41) is 10.5. The molecule has 0 aromatic carbocycles. The fraction of sp³-hybridized carbons (Fsp3) is 0.500. The maximum Gasteiger partial charge on any atom is 0.262 e. The third kappa shape index (κ3) is 2.11. The normalized spacial score (nSPS) is 26.4. The van der Waals surface area contributed by atoms with Crippen molar-refractivity contribution in [3.8, 4) is 0 Å². The molecule has 3 rings (SSSR count). The Hall–Kier alpha value is -1.13. The van der Waals surface area contributed by atoms with Gasteiger partial charge in [-0.25, -0.2) is 0 Å². The summed E-state index contributed by atoms with van der Waals surface area (Å²) >= 11 is 2.08. The molecule has 0 radical (unpaired) electrons. The fourth-order valence-electron chi connectivity index (χ4n) is 2.60.